The first-order chi connectivity index (χ1) is 9.46. The lowest BCUT2D eigenvalue weighted by Crippen LogP contribution is -2.55. The lowest BCUT2D eigenvalue weighted by molar-refractivity contribution is -0.0950. The molecule has 2 unspecified atom stereocenters. The zero-order chi connectivity index (χ0) is 16.3. The molecule has 0 aromatic heterocycles. The number of rotatable bonds is 5. The summed E-state index contributed by atoms with van der Waals surface area (Å²) in [5.41, 5.74) is -0.313. The zero-order valence-corrected chi connectivity index (χ0v) is 13.5. The smallest absolute Gasteiger partial charge is 0.405 e. The van der Waals surface area contributed by atoms with Crippen LogP contribution in [0, 0.1) is 0 Å². The van der Waals surface area contributed by atoms with Crippen LogP contribution in [0.2, 0.25) is 0 Å². The Hall–Kier alpha value is -0.660. The summed E-state index contributed by atoms with van der Waals surface area (Å²) in [4.78, 5) is 30.5. The van der Waals surface area contributed by atoms with E-state index in [1.807, 2.05) is 20.8 Å². The van der Waals surface area contributed by atoms with E-state index >= 15 is 0 Å². The van der Waals surface area contributed by atoms with Gasteiger partial charge in [0, 0.05) is 19.5 Å². The highest BCUT2D eigenvalue weighted by molar-refractivity contribution is 7.51. The Balaban J connectivity index is 2.64. The Morgan fingerprint density at radius 1 is 1.43 bits per heavy atom. The molecule has 2 atom stereocenters. The van der Waals surface area contributed by atoms with Crippen molar-refractivity contribution in [3.8, 4) is 0 Å². The van der Waals surface area contributed by atoms with E-state index in [1.54, 1.807) is 4.90 Å². The van der Waals surface area contributed by atoms with Gasteiger partial charge in [0.25, 0.3) is 0 Å². The monoisotopic (exact) mass is 324 g/mol. The summed E-state index contributed by atoms with van der Waals surface area (Å²) in [6.07, 6.45) is -0.836. The Morgan fingerprint density at radius 2 is 2.05 bits per heavy atom. The van der Waals surface area contributed by atoms with Crippen molar-refractivity contribution in [2.24, 2.45) is 0 Å². The number of nitrogens with zero attached hydrogens (tertiary/aromatic N) is 1. The molecule has 21 heavy (non-hydrogen) atoms. The number of carbonyl (C=O) groups is 1. The number of piperidine rings is 1. The summed E-state index contributed by atoms with van der Waals surface area (Å²) in [6.45, 7) is 6.50. The Labute approximate surface area is 124 Å². The second kappa shape index (κ2) is 7.07. The fourth-order valence-corrected chi connectivity index (χ4v) is 2.93. The minimum Gasteiger partial charge on any atom is -0.465 e. The molecule has 1 fully saturated rings. The highest BCUT2D eigenvalue weighted by Crippen LogP contribution is 2.34. The van der Waals surface area contributed by atoms with Gasteiger partial charge in [-0.3, -0.25) is 9.46 Å². The largest absolute Gasteiger partial charge is 0.465 e. The van der Waals surface area contributed by atoms with Gasteiger partial charge < -0.3 is 24.9 Å². The van der Waals surface area contributed by atoms with Crippen LogP contribution in [0.5, 0.6) is 0 Å². The third-order valence-electron chi connectivity index (χ3n) is 3.15. The van der Waals surface area contributed by atoms with Crippen LogP contribution in [0.4, 0.5) is 4.79 Å². The van der Waals surface area contributed by atoms with E-state index in [4.69, 9.17) is 19.6 Å². The number of carboxylic acid groups (broad SMARTS) is 1. The van der Waals surface area contributed by atoms with E-state index in [2.05, 4.69) is 5.32 Å². The van der Waals surface area contributed by atoms with Crippen LogP contribution in [0.3, 0.4) is 0 Å². The van der Waals surface area contributed by atoms with Crippen LogP contribution in [-0.2, 0) is 9.30 Å². The SMILES string of the molecule is CC(C)(C)OC1CCN(CCP(=O)(O)O)C(NC(=O)O)C1. The van der Waals surface area contributed by atoms with Crippen molar-refractivity contribution >= 4 is 13.7 Å². The summed E-state index contributed by atoms with van der Waals surface area (Å²) in [5.74, 6) is 0. The maximum atomic E-state index is 11.0. The third-order valence-corrected chi connectivity index (χ3v) is 3.94. The molecule has 0 radical (unpaired) electrons. The molecular formula is C12H25N2O6P. The number of likely N-dealkylation sites (tertiary alicyclic amines) is 1. The molecule has 1 amide bonds. The molecule has 1 rings (SSSR count). The Morgan fingerprint density at radius 3 is 2.52 bits per heavy atom. The minimum absolute atomic E-state index is 0.0758. The van der Waals surface area contributed by atoms with Crippen molar-refractivity contribution in [2.45, 2.75) is 51.5 Å². The Bertz CT molecular complexity index is 405. The Kier molecular flexibility index (Phi) is 6.19. The van der Waals surface area contributed by atoms with Crippen LogP contribution >= 0.6 is 7.60 Å². The summed E-state index contributed by atoms with van der Waals surface area (Å²) in [6, 6.07) is 0. The van der Waals surface area contributed by atoms with Crippen LogP contribution in [0.25, 0.3) is 0 Å². The number of amides is 1. The molecule has 0 aromatic carbocycles. The zero-order valence-electron chi connectivity index (χ0n) is 12.7. The fourth-order valence-electron chi connectivity index (χ4n) is 2.41. The molecule has 1 saturated heterocycles. The molecule has 8 nitrogen and oxygen atoms in total. The van der Waals surface area contributed by atoms with Gasteiger partial charge in [-0.25, -0.2) is 4.79 Å². The molecule has 0 aromatic rings. The molecular weight excluding hydrogens is 299 g/mol. The molecule has 1 heterocycles. The average Bonchev–Trinajstić information content (AvgIpc) is 2.23. The molecule has 0 saturated carbocycles. The van der Waals surface area contributed by atoms with E-state index in [1.165, 1.54) is 0 Å². The van der Waals surface area contributed by atoms with Crippen LogP contribution < -0.4 is 5.32 Å². The lowest BCUT2D eigenvalue weighted by Gasteiger charge is -2.41. The molecule has 9 heteroatoms. The van der Waals surface area contributed by atoms with Crippen molar-refractivity contribution in [3.05, 3.63) is 0 Å². The molecule has 0 aliphatic carbocycles. The first-order valence-corrected chi connectivity index (χ1v) is 8.72. The highest BCUT2D eigenvalue weighted by atomic mass is 31.2. The molecule has 0 bridgehead atoms. The van der Waals surface area contributed by atoms with Crippen molar-refractivity contribution in [3.63, 3.8) is 0 Å². The van der Waals surface area contributed by atoms with Crippen LogP contribution in [-0.4, -0.2) is 63.0 Å². The average molecular weight is 324 g/mol. The van der Waals surface area contributed by atoms with Gasteiger partial charge in [-0.05, 0) is 27.2 Å². The van der Waals surface area contributed by atoms with Gasteiger partial charge in [0.05, 0.1) is 24.0 Å². The van der Waals surface area contributed by atoms with E-state index < -0.39 is 19.9 Å². The maximum absolute atomic E-state index is 11.0. The van der Waals surface area contributed by atoms with Crippen molar-refractivity contribution in [1.82, 2.24) is 10.2 Å². The second-order valence-corrected chi connectivity index (χ2v) is 8.04. The minimum atomic E-state index is -4.09. The first kappa shape index (κ1) is 18.4. The summed E-state index contributed by atoms with van der Waals surface area (Å²) in [7, 11) is -4.09. The quantitative estimate of drug-likeness (QED) is 0.558. The van der Waals surface area contributed by atoms with E-state index in [-0.39, 0.29) is 24.4 Å². The normalized spacial score (nSPS) is 24.8. The van der Waals surface area contributed by atoms with Gasteiger partial charge >= 0.3 is 13.7 Å². The molecule has 124 valence electrons. The standard InChI is InChI=1S/C12H25N2O6P/c1-12(2,3)20-9-4-5-14(6-7-21(17,18)19)10(8-9)13-11(15)16/h9-10,13H,4-8H2,1-3H3,(H,15,16)(H2,17,18,19). The van der Waals surface area contributed by atoms with E-state index in [0.29, 0.717) is 19.4 Å². The van der Waals surface area contributed by atoms with E-state index in [9.17, 15) is 9.36 Å². The number of hydrogen-bond donors (Lipinski definition) is 4. The van der Waals surface area contributed by atoms with Gasteiger partial charge in [0.2, 0.25) is 0 Å². The topological polar surface area (TPSA) is 119 Å². The first-order valence-electron chi connectivity index (χ1n) is 6.92. The van der Waals surface area contributed by atoms with E-state index in [0.717, 1.165) is 0 Å². The lowest BCUT2D eigenvalue weighted by atomic mass is 10.0. The second-order valence-electron chi connectivity index (χ2n) is 6.27. The van der Waals surface area contributed by atoms with Gasteiger partial charge in [0.1, 0.15) is 0 Å². The molecule has 1 aliphatic heterocycles. The fraction of sp³-hybridized carbons (Fsp3) is 0.917. The van der Waals surface area contributed by atoms with Gasteiger partial charge in [-0.1, -0.05) is 0 Å². The number of hydrogen-bond acceptors (Lipinski definition) is 4. The summed E-state index contributed by atoms with van der Waals surface area (Å²) >= 11 is 0. The van der Waals surface area contributed by atoms with Crippen LogP contribution in [0.1, 0.15) is 33.6 Å². The molecule has 1 aliphatic rings. The van der Waals surface area contributed by atoms with Crippen molar-refractivity contribution < 1.29 is 29.0 Å². The van der Waals surface area contributed by atoms with Crippen molar-refractivity contribution in [1.29, 1.82) is 0 Å². The number of nitrogens with one attached hydrogen (secondary N) is 1. The summed E-state index contributed by atoms with van der Waals surface area (Å²) < 4.78 is 16.8. The summed E-state index contributed by atoms with van der Waals surface area (Å²) in [5, 5.41) is 11.3. The number of ether oxygens (including phenoxy) is 1. The van der Waals surface area contributed by atoms with Gasteiger partial charge in [0.15, 0.2) is 0 Å². The van der Waals surface area contributed by atoms with Gasteiger partial charge in [-0.2, -0.15) is 0 Å². The van der Waals surface area contributed by atoms with Crippen LogP contribution in [0.15, 0.2) is 0 Å². The van der Waals surface area contributed by atoms with Crippen molar-refractivity contribution in [2.75, 3.05) is 19.3 Å². The maximum Gasteiger partial charge on any atom is 0.405 e. The third kappa shape index (κ3) is 7.78. The highest BCUT2D eigenvalue weighted by Gasteiger charge is 2.33. The predicted molar refractivity (Wildman–Crippen MR) is 77.3 cm³/mol. The molecule has 0 spiro atoms. The predicted octanol–water partition coefficient (Wildman–Crippen LogP) is 1.04. The molecule has 4 N–H and O–H groups in total. The van der Waals surface area contributed by atoms with Gasteiger partial charge in [-0.15, -0.1) is 0 Å².